The zero-order chi connectivity index (χ0) is 34.7. The minimum Gasteiger partial charge on any atom is -0.481 e. The third-order valence-electron chi connectivity index (χ3n) is 15.5. The molecule has 48 heavy (non-hydrogen) atoms. The predicted octanol–water partition coefficient (Wildman–Crippen LogP) is 8.06. The Kier molecular flexibility index (Phi) is 10.1. The number of hydrogen-bond donors (Lipinski definition) is 2. The maximum atomic E-state index is 12.0. The minimum absolute atomic E-state index is 0.0331. The average Bonchev–Trinajstić information content (AvgIpc) is 3.40. The molecule has 6 aliphatic rings. The van der Waals surface area contributed by atoms with Gasteiger partial charge >= 0.3 is 5.97 Å². The highest BCUT2D eigenvalue weighted by atomic mass is 32.2. The van der Waals surface area contributed by atoms with E-state index in [-0.39, 0.29) is 22.8 Å². The molecule has 9 atom stereocenters. The quantitative estimate of drug-likeness (QED) is 0.227. The van der Waals surface area contributed by atoms with E-state index < -0.39 is 15.8 Å². The first-order valence-electron chi connectivity index (χ1n) is 19.5. The van der Waals surface area contributed by atoms with Crippen molar-refractivity contribution >= 4 is 15.8 Å². The Morgan fingerprint density at radius 2 is 1.71 bits per heavy atom. The number of fused-ring (bicyclic) bond motifs is 7. The van der Waals surface area contributed by atoms with Crippen molar-refractivity contribution in [3.8, 4) is 0 Å². The molecule has 0 aromatic rings. The topological polar surface area (TPSA) is 86.7 Å². The first-order valence-corrected chi connectivity index (χ1v) is 21.3. The van der Waals surface area contributed by atoms with Crippen molar-refractivity contribution in [3.63, 3.8) is 0 Å². The van der Waals surface area contributed by atoms with Crippen LogP contribution in [0.15, 0.2) is 35.5 Å². The molecule has 6 nitrogen and oxygen atoms in total. The highest BCUT2D eigenvalue weighted by Crippen LogP contribution is 2.72. The van der Waals surface area contributed by atoms with Crippen LogP contribution in [0, 0.1) is 51.8 Å². The molecule has 0 aromatic heterocycles. The first kappa shape index (κ1) is 36.4. The van der Waals surface area contributed by atoms with Gasteiger partial charge in [-0.1, -0.05) is 58.9 Å². The fourth-order valence-corrected chi connectivity index (χ4v) is 14.8. The minimum atomic E-state index is -2.85. The van der Waals surface area contributed by atoms with E-state index >= 15 is 0 Å². The van der Waals surface area contributed by atoms with Gasteiger partial charge in [0, 0.05) is 38.1 Å². The van der Waals surface area contributed by atoms with Crippen molar-refractivity contribution in [1.82, 2.24) is 10.2 Å². The molecule has 2 N–H and O–H groups in total. The lowest BCUT2D eigenvalue weighted by Crippen LogP contribution is -2.64. The molecular weight excluding hydrogens is 617 g/mol. The largest absolute Gasteiger partial charge is 0.481 e. The van der Waals surface area contributed by atoms with Gasteiger partial charge in [-0.15, -0.1) is 0 Å². The van der Waals surface area contributed by atoms with E-state index in [0.29, 0.717) is 60.1 Å². The van der Waals surface area contributed by atoms with Gasteiger partial charge in [-0.3, -0.25) is 4.79 Å². The van der Waals surface area contributed by atoms with Crippen LogP contribution in [-0.4, -0.2) is 67.6 Å². The van der Waals surface area contributed by atoms with Crippen molar-refractivity contribution in [1.29, 1.82) is 0 Å². The second-order valence-electron chi connectivity index (χ2n) is 18.2. The van der Waals surface area contributed by atoms with Crippen LogP contribution in [0.2, 0.25) is 0 Å². The van der Waals surface area contributed by atoms with E-state index in [0.717, 1.165) is 37.8 Å². The summed E-state index contributed by atoms with van der Waals surface area (Å²) >= 11 is 0. The van der Waals surface area contributed by atoms with Gasteiger partial charge in [0.25, 0.3) is 0 Å². The summed E-state index contributed by atoms with van der Waals surface area (Å²) in [5.41, 5.74) is 4.89. The molecule has 0 radical (unpaired) electrons. The van der Waals surface area contributed by atoms with Crippen LogP contribution in [0.1, 0.15) is 119 Å². The van der Waals surface area contributed by atoms with Crippen LogP contribution in [0.5, 0.6) is 0 Å². The summed E-state index contributed by atoms with van der Waals surface area (Å²) in [7, 11) is -2.85. The summed E-state index contributed by atoms with van der Waals surface area (Å²) in [6, 6.07) is 0. The average molecular weight is 683 g/mol. The SMILES string of the molecule is C=C(C)[C@@H]1CCC2(NCCN3CCS(=O)(=O)CC3)CCC3[C@H](CCC4C3(C)CCC3C(C)(C)C(/C(=C/CC)CCC(=O)O)=CCC34C)[C@@H]12. The number of carboxylic acids is 1. The third-order valence-corrected chi connectivity index (χ3v) is 17.1. The highest BCUT2D eigenvalue weighted by Gasteiger charge is 2.66. The zero-order valence-corrected chi connectivity index (χ0v) is 31.9. The maximum absolute atomic E-state index is 12.0. The highest BCUT2D eigenvalue weighted by molar-refractivity contribution is 7.91. The van der Waals surface area contributed by atoms with Crippen LogP contribution in [0.25, 0.3) is 0 Å². The van der Waals surface area contributed by atoms with Gasteiger partial charge in [-0.05, 0) is 140 Å². The summed E-state index contributed by atoms with van der Waals surface area (Å²) in [5.74, 6) is 3.93. The Morgan fingerprint density at radius 1 is 1.00 bits per heavy atom. The van der Waals surface area contributed by atoms with Crippen LogP contribution in [0.4, 0.5) is 0 Å². The molecular formula is C41H66N2O4S. The van der Waals surface area contributed by atoms with E-state index in [9.17, 15) is 18.3 Å². The van der Waals surface area contributed by atoms with Crippen molar-refractivity contribution in [2.75, 3.05) is 37.7 Å². The van der Waals surface area contributed by atoms with E-state index in [4.69, 9.17) is 0 Å². The van der Waals surface area contributed by atoms with Crippen LogP contribution in [0.3, 0.4) is 0 Å². The molecule has 7 heteroatoms. The van der Waals surface area contributed by atoms with Crippen molar-refractivity contribution in [2.45, 2.75) is 124 Å². The van der Waals surface area contributed by atoms with Gasteiger partial charge in [-0.25, -0.2) is 8.42 Å². The van der Waals surface area contributed by atoms with Gasteiger partial charge in [-0.2, -0.15) is 0 Å². The first-order chi connectivity index (χ1) is 22.6. The van der Waals surface area contributed by atoms with E-state index in [1.54, 1.807) is 0 Å². The molecule has 5 aliphatic carbocycles. The second-order valence-corrected chi connectivity index (χ2v) is 20.5. The summed E-state index contributed by atoms with van der Waals surface area (Å²) < 4.78 is 24.0. The van der Waals surface area contributed by atoms with Crippen molar-refractivity contribution in [3.05, 3.63) is 35.5 Å². The molecule has 1 heterocycles. The van der Waals surface area contributed by atoms with Crippen molar-refractivity contribution < 1.29 is 18.3 Å². The third kappa shape index (κ3) is 6.22. The molecule has 1 aliphatic heterocycles. The summed E-state index contributed by atoms with van der Waals surface area (Å²) in [5, 5.41) is 13.7. The van der Waals surface area contributed by atoms with Crippen LogP contribution in [-0.2, 0) is 14.6 Å². The van der Waals surface area contributed by atoms with Gasteiger partial charge in [0.15, 0.2) is 9.84 Å². The van der Waals surface area contributed by atoms with E-state index in [2.05, 4.69) is 70.5 Å². The van der Waals surface area contributed by atoms with Gasteiger partial charge in [0.05, 0.1) is 11.5 Å². The number of nitrogens with one attached hydrogen (secondary N) is 1. The Hall–Kier alpha value is -1.44. The van der Waals surface area contributed by atoms with E-state index in [1.165, 1.54) is 68.1 Å². The number of rotatable bonds is 10. The Labute approximate surface area is 292 Å². The maximum Gasteiger partial charge on any atom is 0.303 e. The van der Waals surface area contributed by atoms with Crippen LogP contribution < -0.4 is 5.32 Å². The second kappa shape index (κ2) is 13.3. The number of aliphatic carboxylic acids is 1. The standard InChI is InChI=1S/C41H66N2O4S/c1-8-9-29(10-13-36(44)45)32-15-18-40(7)34(38(32,4)5)17-19-39(6)33-16-21-41(42-22-23-43-24-26-48(46,47)27-25-43)20-14-30(28(2)3)37(41)31(33)11-12-35(39)40/h9,15,30-31,33-35,37,42H,2,8,10-14,16-27H2,1,3-7H3,(H,44,45)/b29-9+/t30-,31-,33?,34?,35?,37+,39?,40?,41?/m0/s1. The van der Waals surface area contributed by atoms with Gasteiger partial charge in [0.1, 0.15) is 0 Å². The molecule has 4 saturated carbocycles. The Bertz CT molecular complexity index is 1420. The summed E-state index contributed by atoms with van der Waals surface area (Å²) in [4.78, 5) is 13.9. The monoisotopic (exact) mass is 682 g/mol. The fourth-order valence-electron chi connectivity index (χ4n) is 13.5. The van der Waals surface area contributed by atoms with E-state index in [1.807, 2.05) is 0 Å². The Balaban J connectivity index is 1.23. The molecule has 1 saturated heterocycles. The molecule has 0 spiro atoms. The molecule has 6 rings (SSSR count). The number of carbonyl (C=O) groups is 1. The lowest BCUT2D eigenvalue weighted by Gasteiger charge is -2.68. The number of hydrogen-bond acceptors (Lipinski definition) is 5. The molecule has 5 fully saturated rings. The fraction of sp³-hybridized carbons (Fsp3) is 0.829. The number of allylic oxidation sites excluding steroid dienone is 5. The smallest absolute Gasteiger partial charge is 0.303 e. The van der Waals surface area contributed by atoms with Crippen molar-refractivity contribution in [2.24, 2.45) is 51.8 Å². The predicted molar refractivity (Wildman–Crippen MR) is 196 cm³/mol. The molecule has 0 amide bonds. The molecule has 0 bridgehead atoms. The lowest BCUT2D eigenvalue weighted by molar-refractivity contribution is -0.177. The number of nitrogens with zero attached hydrogens (tertiary/aromatic N) is 1. The normalized spacial score (nSPS) is 42.1. The summed E-state index contributed by atoms with van der Waals surface area (Å²) in [6.45, 7) is 22.5. The van der Waals surface area contributed by atoms with Gasteiger partial charge in [0.2, 0.25) is 0 Å². The Morgan fingerprint density at radius 3 is 2.38 bits per heavy atom. The zero-order valence-electron chi connectivity index (χ0n) is 31.1. The molecule has 270 valence electrons. The lowest BCUT2D eigenvalue weighted by atomic mass is 9.36. The summed E-state index contributed by atoms with van der Waals surface area (Å²) in [6.07, 6.45) is 18.0. The van der Waals surface area contributed by atoms with Gasteiger partial charge < -0.3 is 15.3 Å². The number of carboxylic acid groups (broad SMARTS) is 1. The number of sulfone groups is 1. The molecule has 6 unspecified atom stereocenters. The molecule has 0 aromatic carbocycles. The van der Waals surface area contributed by atoms with Crippen LogP contribution >= 0.6 is 0 Å².